The fourth-order valence-electron chi connectivity index (χ4n) is 3.40. The van der Waals surface area contributed by atoms with Gasteiger partial charge in [0.25, 0.3) is 0 Å². The molecule has 2 aromatic rings. The van der Waals surface area contributed by atoms with E-state index in [4.69, 9.17) is 15.2 Å². The average molecular weight is 458 g/mol. The summed E-state index contributed by atoms with van der Waals surface area (Å²) in [4.78, 5) is 14.0. The smallest absolute Gasteiger partial charge is 0.233 e. The molecule has 2 aromatic carbocycles. The summed E-state index contributed by atoms with van der Waals surface area (Å²) in [6, 6.07) is 14.6. The van der Waals surface area contributed by atoms with E-state index < -0.39 is 27.6 Å². The Kier molecular flexibility index (Phi) is 7.62. The number of rotatable bonds is 7. The topological polar surface area (TPSA) is 102 Å². The third-order valence-corrected chi connectivity index (χ3v) is 7.16. The first-order valence-electron chi connectivity index (χ1n) is 10.1. The quantitative estimate of drug-likeness (QED) is 0.629. The maximum Gasteiger partial charge on any atom is 0.233 e. The molecule has 1 atom stereocenters. The van der Waals surface area contributed by atoms with Crippen molar-refractivity contribution in [2.45, 2.75) is 0 Å². The SMILES string of the molecule is COc1ccc(N2CCN(S(=O)(=O)CC(C#Cc3cccc(OC)c3)C(N)=O)CC2)cc1. The van der Waals surface area contributed by atoms with Gasteiger partial charge < -0.3 is 20.1 Å². The molecule has 0 spiro atoms. The highest BCUT2D eigenvalue weighted by atomic mass is 32.2. The Morgan fingerprint density at radius 1 is 1.03 bits per heavy atom. The van der Waals surface area contributed by atoms with Crippen LogP contribution in [0.3, 0.4) is 0 Å². The van der Waals surface area contributed by atoms with Gasteiger partial charge in [-0.1, -0.05) is 17.9 Å². The lowest BCUT2D eigenvalue weighted by Crippen LogP contribution is -2.50. The molecule has 2 N–H and O–H groups in total. The summed E-state index contributed by atoms with van der Waals surface area (Å²) in [5.74, 6) is 4.63. The normalized spacial score (nSPS) is 15.4. The van der Waals surface area contributed by atoms with Crippen LogP contribution in [-0.4, -0.2) is 64.8 Å². The number of anilines is 1. The molecule has 1 saturated heterocycles. The number of amides is 1. The van der Waals surface area contributed by atoms with Crippen LogP contribution >= 0.6 is 0 Å². The molecule has 1 aliphatic rings. The Morgan fingerprint density at radius 2 is 1.69 bits per heavy atom. The summed E-state index contributed by atoms with van der Waals surface area (Å²) in [5.41, 5.74) is 7.06. The summed E-state index contributed by atoms with van der Waals surface area (Å²) in [5, 5.41) is 0. The minimum Gasteiger partial charge on any atom is -0.497 e. The number of hydrogen-bond donors (Lipinski definition) is 1. The van der Waals surface area contributed by atoms with Crippen LogP contribution in [0.5, 0.6) is 11.5 Å². The Hall–Kier alpha value is -3.22. The molecule has 0 aromatic heterocycles. The highest BCUT2D eigenvalue weighted by Gasteiger charge is 2.31. The summed E-state index contributed by atoms with van der Waals surface area (Å²) >= 11 is 0. The van der Waals surface area contributed by atoms with E-state index in [1.807, 2.05) is 24.3 Å². The average Bonchev–Trinajstić information content (AvgIpc) is 2.82. The van der Waals surface area contributed by atoms with Gasteiger partial charge in [-0.3, -0.25) is 4.79 Å². The molecule has 1 heterocycles. The number of primary amides is 1. The maximum atomic E-state index is 12.9. The number of benzene rings is 2. The second-order valence-corrected chi connectivity index (χ2v) is 9.33. The molecule has 8 nitrogen and oxygen atoms in total. The second-order valence-electron chi connectivity index (χ2n) is 7.32. The molecular weight excluding hydrogens is 430 g/mol. The van der Waals surface area contributed by atoms with Crippen molar-refractivity contribution >= 4 is 21.6 Å². The molecule has 1 fully saturated rings. The Balaban J connectivity index is 1.65. The first kappa shape index (κ1) is 23.4. The fourth-order valence-corrected chi connectivity index (χ4v) is 5.00. The molecule has 1 amide bonds. The van der Waals surface area contributed by atoms with Gasteiger partial charge in [0.1, 0.15) is 17.4 Å². The summed E-state index contributed by atoms with van der Waals surface area (Å²) < 4.78 is 37.6. The molecule has 9 heteroatoms. The van der Waals surface area contributed by atoms with Gasteiger partial charge in [0.2, 0.25) is 15.9 Å². The van der Waals surface area contributed by atoms with Crippen molar-refractivity contribution in [2.75, 3.05) is 51.1 Å². The van der Waals surface area contributed by atoms with Crippen molar-refractivity contribution in [3.8, 4) is 23.3 Å². The molecule has 0 aliphatic carbocycles. The van der Waals surface area contributed by atoms with Crippen LogP contribution in [0.4, 0.5) is 5.69 Å². The number of nitrogens with zero attached hydrogens (tertiary/aromatic N) is 2. The van der Waals surface area contributed by atoms with E-state index in [-0.39, 0.29) is 0 Å². The standard InChI is InChI=1S/C23H27N3O5S/c1-30-21-10-8-20(9-11-21)25-12-14-26(15-13-25)32(28,29)17-19(23(24)27)7-6-18-4-3-5-22(16-18)31-2/h3-5,8-11,16,19H,12-15,17H2,1-2H3,(H2,24,27). The lowest BCUT2D eigenvalue weighted by atomic mass is 10.1. The zero-order valence-corrected chi connectivity index (χ0v) is 19.0. The number of hydrogen-bond acceptors (Lipinski definition) is 6. The van der Waals surface area contributed by atoms with Gasteiger partial charge in [0.05, 0.1) is 20.0 Å². The fraction of sp³-hybridized carbons (Fsp3) is 0.348. The predicted molar refractivity (Wildman–Crippen MR) is 123 cm³/mol. The molecule has 32 heavy (non-hydrogen) atoms. The third kappa shape index (κ3) is 5.93. The predicted octanol–water partition coefficient (Wildman–Crippen LogP) is 1.31. The Labute approximate surface area is 189 Å². The zero-order chi connectivity index (χ0) is 23.1. The number of piperazine rings is 1. The molecule has 1 unspecified atom stereocenters. The molecule has 0 radical (unpaired) electrons. The summed E-state index contributed by atoms with van der Waals surface area (Å²) in [7, 11) is -0.551. The number of carbonyl (C=O) groups excluding carboxylic acids is 1. The number of methoxy groups -OCH3 is 2. The van der Waals surface area contributed by atoms with Gasteiger partial charge >= 0.3 is 0 Å². The van der Waals surface area contributed by atoms with Crippen molar-refractivity contribution in [3.05, 3.63) is 54.1 Å². The van der Waals surface area contributed by atoms with Crippen LogP contribution in [0.25, 0.3) is 0 Å². The monoisotopic (exact) mass is 457 g/mol. The van der Waals surface area contributed by atoms with Crippen LogP contribution < -0.4 is 20.1 Å². The number of nitrogens with two attached hydrogens (primary N) is 1. The first-order valence-corrected chi connectivity index (χ1v) is 11.7. The molecule has 170 valence electrons. The van der Waals surface area contributed by atoms with E-state index in [0.717, 1.165) is 11.4 Å². The van der Waals surface area contributed by atoms with E-state index in [9.17, 15) is 13.2 Å². The molecular formula is C23H27N3O5S. The van der Waals surface area contributed by atoms with Crippen molar-refractivity contribution < 1.29 is 22.7 Å². The van der Waals surface area contributed by atoms with Crippen molar-refractivity contribution in [3.63, 3.8) is 0 Å². The molecule has 0 saturated carbocycles. The number of sulfonamides is 1. The first-order chi connectivity index (χ1) is 15.3. The van der Waals surface area contributed by atoms with Crippen LogP contribution in [0.1, 0.15) is 5.56 Å². The number of carbonyl (C=O) groups is 1. The molecule has 0 bridgehead atoms. The summed E-state index contributed by atoms with van der Waals surface area (Å²) in [6.07, 6.45) is 0. The van der Waals surface area contributed by atoms with E-state index in [1.54, 1.807) is 38.5 Å². The van der Waals surface area contributed by atoms with Gasteiger partial charge in [0, 0.05) is 37.4 Å². The number of ether oxygens (including phenoxy) is 2. The Bertz CT molecular complexity index is 1100. The van der Waals surface area contributed by atoms with E-state index >= 15 is 0 Å². The lowest BCUT2D eigenvalue weighted by Gasteiger charge is -2.35. The van der Waals surface area contributed by atoms with Gasteiger partial charge in [-0.25, -0.2) is 8.42 Å². The largest absolute Gasteiger partial charge is 0.497 e. The van der Waals surface area contributed by atoms with E-state index in [0.29, 0.717) is 37.5 Å². The molecule has 1 aliphatic heterocycles. The van der Waals surface area contributed by atoms with Crippen LogP contribution in [0.2, 0.25) is 0 Å². The minimum absolute atomic E-state index is 0.323. The highest BCUT2D eigenvalue weighted by Crippen LogP contribution is 2.21. The van der Waals surface area contributed by atoms with Gasteiger partial charge in [-0.2, -0.15) is 4.31 Å². The van der Waals surface area contributed by atoms with Crippen molar-refractivity contribution in [1.29, 1.82) is 0 Å². The minimum atomic E-state index is -3.70. The Morgan fingerprint density at radius 3 is 2.28 bits per heavy atom. The van der Waals surface area contributed by atoms with Crippen LogP contribution in [0, 0.1) is 17.8 Å². The zero-order valence-electron chi connectivity index (χ0n) is 18.2. The van der Waals surface area contributed by atoms with Crippen molar-refractivity contribution in [1.82, 2.24) is 4.31 Å². The lowest BCUT2D eigenvalue weighted by molar-refractivity contribution is -0.119. The third-order valence-electron chi connectivity index (χ3n) is 5.25. The van der Waals surface area contributed by atoms with Gasteiger partial charge in [-0.15, -0.1) is 0 Å². The highest BCUT2D eigenvalue weighted by molar-refractivity contribution is 7.89. The van der Waals surface area contributed by atoms with Gasteiger partial charge in [0.15, 0.2) is 0 Å². The second kappa shape index (κ2) is 10.4. The van der Waals surface area contributed by atoms with Crippen molar-refractivity contribution in [2.24, 2.45) is 11.7 Å². The van der Waals surface area contributed by atoms with E-state index in [2.05, 4.69) is 16.7 Å². The van der Waals surface area contributed by atoms with Crippen LogP contribution in [-0.2, 0) is 14.8 Å². The molecule has 3 rings (SSSR count). The van der Waals surface area contributed by atoms with Gasteiger partial charge in [-0.05, 0) is 42.5 Å². The summed E-state index contributed by atoms with van der Waals surface area (Å²) in [6.45, 7) is 1.73. The van der Waals surface area contributed by atoms with E-state index in [1.165, 1.54) is 4.31 Å². The maximum absolute atomic E-state index is 12.9. The van der Waals surface area contributed by atoms with Crippen LogP contribution in [0.15, 0.2) is 48.5 Å².